The van der Waals surface area contributed by atoms with Gasteiger partial charge in [-0.25, -0.2) is 0 Å². The van der Waals surface area contributed by atoms with E-state index in [0.29, 0.717) is 13.0 Å². The van der Waals surface area contributed by atoms with Crippen LogP contribution in [0.25, 0.3) is 0 Å². The zero-order valence-electron chi connectivity index (χ0n) is 9.29. The first kappa shape index (κ1) is 10.7. The third kappa shape index (κ3) is 1.92. The van der Waals surface area contributed by atoms with Gasteiger partial charge in [-0.3, -0.25) is 0 Å². The van der Waals surface area contributed by atoms with Gasteiger partial charge in [-0.2, -0.15) is 0 Å². The zero-order chi connectivity index (χ0) is 10.9. The molecule has 0 spiro atoms. The van der Waals surface area contributed by atoms with Crippen molar-refractivity contribution < 1.29 is 5.11 Å². The summed E-state index contributed by atoms with van der Waals surface area (Å²) in [5.41, 5.74) is 8.53. The molecule has 1 aliphatic rings. The molecule has 82 valence electrons. The summed E-state index contributed by atoms with van der Waals surface area (Å²) in [5.74, 6) is 0. The van der Waals surface area contributed by atoms with Crippen LogP contribution in [0.5, 0.6) is 0 Å². The van der Waals surface area contributed by atoms with Crippen LogP contribution in [0.2, 0.25) is 0 Å². The molecule has 0 aliphatic heterocycles. The van der Waals surface area contributed by atoms with Crippen LogP contribution in [0.4, 0.5) is 0 Å². The topological polar surface area (TPSA) is 46.2 Å². The van der Waals surface area contributed by atoms with Gasteiger partial charge >= 0.3 is 0 Å². The molecule has 0 bridgehead atoms. The Bertz CT molecular complexity index is 362. The lowest BCUT2D eigenvalue weighted by atomic mass is 9.77. The van der Waals surface area contributed by atoms with Crippen molar-refractivity contribution in [1.82, 2.24) is 0 Å². The molecule has 15 heavy (non-hydrogen) atoms. The van der Waals surface area contributed by atoms with E-state index in [4.69, 9.17) is 5.73 Å². The first-order valence-electron chi connectivity index (χ1n) is 5.68. The molecule has 1 unspecified atom stereocenters. The molecule has 2 heteroatoms. The molecule has 0 heterocycles. The lowest BCUT2D eigenvalue weighted by Crippen LogP contribution is -2.33. The second kappa shape index (κ2) is 3.95. The summed E-state index contributed by atoms with van der Waals surface area (Å²) in [7, 11) is 0. The average Bonchev–Trinajstić information content (AvgIpc) is 2.20. The predicted molar refractivity (Wildman–Crippen MR) is 61.7 cm³/mol. The highest BCUT2D eigenvalue weighted by molar-refractivity contribution is 5.37. The molecule has 0 fully saturated rings. The Kier molecular flexibility index (Phi) is 2.81. The van der Waals surface area contributed by atoms with Gasteiger partial charge in [0.25, 0.3) is 0 Å². The van der Waals surface area contributed by atoms with E-state index in [0.717, 1.165) is 24.8 Å². The normalized spacial score (nSPS) is 25.0. The number of hydrogen-bond donors (Lipinski definition) is 2. The number of hydrogen-bond acceptors (Lipinski definition) is 2. The van der Waals surface area contributed by atoms with Crippen LogP contribution in [-0.2, 0) is 12.0 Å². The molecule has 1 aromatic carbocycles. The smallest absolute Gasteiger partial charge is 0.0911 e. The van der Waals surface area contributed by atoms with E-state index < -0.39 is 5.60 Å². The summed E-state index contributed by atoms with van der Waals surface area (Å²) in [4.78, 5) is 0. The number of nitrogens with two attached hydrogens (primary N) is 1. The molecule has 1 atom stereocenters. The van der Waals surface area contributed by atoms with Crippen molar-refractivity contribution in [2.45, 2.75) is 38.2 Å². The van der Waals surface area contributed by atoms with E-state index in [9.17, 15) is 5.11 Å². The Morgan fingerprint density at radius 2 is 2.27 bits per heavy atom. The highest BCUT2D eigenvalue weighted by Gasteiger charge is 2.33. The Balaban J connectivity index is 2.44. The van der Waals surface area contributed by atoms with Crippen LogP contribution in [-0.4, -0.2) is 11.7 Å². The molecule has 3 N–H and O–H groups in total. The van der Waals surface area contributed by atoms with Crippen LogP contribution >= 0.6 is 0 Å². The molecule has 0 amide bonds. The number of rotatable bonds is 2. The van der Waals surface area contributed by atoms with Gasteiger partial charge in [-0.05, 0) is 50.3 Å². The van der Waals surface area contributed by atoms with Crippen molar-refractivity contribution in [2.75, 3.05) is 6.54 Å². The van der Waals surface area contributed by atoms with Gasteiger partial charge in [0.2, 0.25) is 0 Å². The van der Waals surface area contributed by atoms with Crippen molar-refractivity contribution >= 4 is 0 Å². The Morgan fingerprint density at radius 3 is 3.00 bits per heavy atom. The molecule has 0 saturated carbocycles. The fourth-order valence-corrected chi connectivity index (χ4v) is 2.55. The highest BCUT2D eigenvalue weighted by Crippen LogP contribution is 2.37. The second-order valence-corrected chi connectivity index (χ2v) is 4.58. The minimum absolute atomic E-state index is 0.546. The standard InChI is InChI=1S/C13H19NO/c1-10-4-5-11-3-2-6-13(15,7-8-14)12(11)9-10/h4-5,9,15H,2-3,6-8,14H2,1H3. The number of aryl methyl sites for hydroxylation is 2. The molecule has 0 saturated heterocycles. The SMILES string of the molecule is Cc1ccc2c(c1)C(O)(CCN)CCC2. The van der Waals surface area contributed by atoms with Crippen LogP contribution < -0.4 is 5.73 Å². The fourth-order valence-electron chi connectivity index (χ4n) is 2.55. The zero-order valence-corrected chi connectivity index (χ0v) is 9.29. The largest absolute Gasteiger partial charge is 0.385 e. The maximum Gasteiger partial charge on any atom is 0.0911 e. The van der Waals surface area contributed by atoms with Crippen molar-refractivity contribution in [2.24, 2.45) is 5.73 Å². The third-order valence-corrected chi connectivity index (χ3v) is 3.36. The van der Waals surface area contributed by atoms with Gasteiger partial charge in [0.1, 0.15) is 0 Å². The lowest BCUT2D eigenvalue weighted by Gasteiger charge is -2.34. The highest BCUT2D eigenvalue weighted by atomic mass is 16.3. The molecule has 1 aromatic rings. The summed E-state index contributed by atoms with van der Waals surface area (Å²) in [6, 6.07) is 6.38. The van der Waals surface area contributed by atoms with Gasteiger partial charge < -0.3 is 10.8 Å². The minimum Gasteiger partial charge on any atom is -0.385 e. The van der Waals surface area contributed by atoms with Crippen molar-refractivity contribution in [1.29, 1.82) is 0 Å². The first-order valence-corrected chi connectivity index (χ1v) is 5.68. The molecular formula is C13H19NO. The van der Waals surface area contributed by atoms with Gasteiger partial charge in [-0.1, -0.05) is 23.8 Å². The quantitative estimate of drug-likeness (QED) is 0.774. The minimum atomic E-state index is -0.672. The summed E-state index contributed by atoms with van der Waals surface area (Å²) < 4.78 is 0. The van der Waals surface area contributed by atoms with E-state index in [1.54, 1.807) is 0 Å². The van der Waals surface area contributed by atoms with Crippen LogP contribution in [0.1, 0.15) is 36.0 Å². The number of aliphatic hydroxyl groups is 1. The third-order valence-electron chi connectivity index (χ3n) is 3.36. The Morgan fingerprint density at radius 1 is 1.47 bits per heavy atom. The Hall–Kier alpha value is -0.860. The van der Waals surface area contributed by atoms with E-state index in [-0.39, 0.29) is 0 Å². The first-order chi connectivity index (χ1) is 7.15. The molecule has 1 aliphatic carbocycles. The van der Waals surface area contributed by atoms with Crippen LogP contribution in [0.3, 0.4) is 0 Å². The predicted octanol–water partition coefficient (Wildman–Crippen LogP) is 1.87. The van der Waals surface area contributed by atoms with E-state index in [1.165, 1.54) is 11.1 Å². The van der Waals surface area contributed by atoms with Crippen molar-refractivity contribution in [3.63, 3.8) is 0 Å². The fraction of sp³-hybridized carbons (Fsp3) is 0.538. The summed E-state index contributed by atoms with van der Waals surface area (Å²) >= 11 is 0. The van der Waals surface area contributed by atoms with Gasteiger partial charge in [-0.15, -0.1) is 0 Å². The number of benzene rings is 1. The van der Waals surface area contributed by atoms with Crippen LogP contribution in [0, 0.1) is 6.92 Å². The number of fused-ring (bicyclic) bond motifs is 1. The Labute approximate surface area is 91.1 Å². The molecule has 2 nitrogen and oxygen atoms in total. The summed E-state index contributed by atoms with van der Waals surface area (Å²) in [5, 5.41) is 10.6. The van der Waals surface area contributed by atoms with Gasteiger partial charge in [0.05, 0.1) is 5.60 Å². The molecule has 0 radical (unpaired) electrons. The summed E-state index contributed by atoms with van der Waals surface area (Å²) in [6.45, 7) is 2.61. The second-order valence-electron chi connectivity index (χ2n) is 4.58. The van der Waals surface area contributed by atoms with E-state index in [1.807, 2.05) is 0 Å². The molecular weight excluding hydrogens is 186 g/mol. The lowest BCUT2D eigenvalue weighted by molar-refractivity contribution is 0.0124. The molecule has 0 aromatic heterocycles. The van der Waals surface area contributed by atoms with Crippen molar-refractivity contribution in [3.8, 4) is 0 Å². The van der Waals surface area contributed by atoms with Crippen molar-refractivity contribution in [3.05, 3.63) is 34.9 Å². The maximum atomic E-state index is 10.6. The molecule has 2 rings (SSSR count). The van der Waals surface area contributed by atoms with E-state index in [2.05, 4.69) is 25.1 Å². The van der Waals surface area contributed by atoms with E-state index >= 15 is 0 Å². The van der Waals surface area contributed by atoms with Gasteiger partial charge in [0, 0.05) is 0 Å². The summed E-state index contributed by atoms with van der Waals surface area (Å²) in [6.07, 6.45) is 3.67. The maximum absolute atomic E-state index is 10.6. The average molecular weight is 205 g/mol. The monoisotopic (exact) mass is 205 g/mol. The van der Waals surface area contributed by atoms with Gasteiger partial charge in [0.15, 0.2) is 0 Å². The van der Waals surface area contributed by atoms with Crippen LogP contribution in [0.15, 0.2) is 18.2 Å².